The van der Waals surface area contributed by atoms with Gasteiger partial charge in [-0.15, -0.1) is 0 Å². The third-order valence-electron chi connectivity index (χ3n) is 3.96. The van der Waals surface area contributed by atoms with Crippen molar-refractivity contribution in [2.75, 3.05) is 6.54 Å². The number of rotatable bonds is 7. The number of carbonyl (C=O) groups is 2. The highest BCUT2D eigenvalue weighted by atomic mass is 79.9. The molecule has 3 aromatic rings. The summed E-state index contributed by atoms with van der Waals surface area (Å²) in [5.74, 6) is 0.471. The molecule has 1 aromatic heterocycles. The summed E-state index contributed by atoms with van der Waals surface area (Å²) in [6.07, 6.45) is 2.25. The standard InChI is InChI=1S/C21H18BrN3O3/c22-16-5-2-4-15(12-16)21(27)25-9-7-14-3-1-6-17(11-14)28-18-8-10-24-19(13-18)20(23)26/h1-6,8,10-13H,7,9H2,(H2,23,26)(H,25,27)/p+1. The average Bonchev–Trinajstić information content (AvgIpc) is 2.68. The van der Waals surface area contributed by atoms with Crippen LogP contribution in [0, 0.1) is 0 Å². The summed E-state index contributed by atoms with van der Waals surface area (Å²) < 4.78 is 6.66. The Morgan fingerprint density at radius 1 is 1.04 bits per heavy atom. The topological polar surface area (TPSA) is 95.6 Å². The molecule has 1 heterocycles. The van der Waals surface area contributed by atoms with Gasteiger partial charge in [0, 0.05) is 22.6 Å². The number of nitrogens with two attached hydrogens (primary N) is 1. The van der Waals surface area contributed by atoms with Crippen molar-refractivity contribution >= 4 is 27.7 Å². The minimum absolute atomic E-state index is 0.117. The predicted octanol–water partition coefficient (Wildman–Crippen LogP) is 3.13. The van der Waals surface area contributed by atoms with Gasteiger partial charge in [-0.05, 0) is 42.3 Å². The van der Waals surface area contributed by atoms with Crippen LogP contribution in [0.25, 0.3) is 0 Å². The molecule has 0 unspecified atom stereocenters. The highest BCUT2D eigenvalue weighted by molar-refractivity contribution is 9.10. The van der Waals surface area contributed by atoms with Crippen molar-refractivity contribution in [2.45, 2.75) is 6.42 Å². The van der Waals surface area contributed by atoms with Crippen LogP contribution in [0.4, 0.5) is 0 Å². The van der Waals surface area contributed by atoms with Gasteiger partial charge in [0.1, 0.15) is 11.5 Å². The number of halogens is 1. The lowest BCUT2D eigenvalue weighted by Gasteiger charge is -2.08. The van der Waals surface area contributed by atoms with Crippen molar-refractivity contribution in [3.8, 4) is 11.5 Å². The van der Waals surface area contributed by atoms with Crippen LogP contribution in [0.3, 0.4) is 0 Å². The van der Waals surface area contributed by atoms with E-state index < -0.39 is 5.91 Å². The molecule has 28 heavy (non-hydrogen) atoms. The number of aromatic amines is 1. The van der Waals surface area contributed by atoms with Crippen LogP contribution in [0.1, 0.15) is 26.4 Å². The van der Waals surface area contributed by atoms with Crippen molar-refractivity contribution in [1.82, 2.24) is 5.32 Å². The van der Waals surface area contributed by atoms with E-state index in [0.717, 1.165) is 10.0 Å². The molecule has 0 saturated heterocycles. The largest absolute Gasteiger partial charge is 0.457 e. The highest BCUT2D eigenvalue weighted by Gasteiger charge is 2.11. The van der Waals surface area contributed by atoms with Gasteiger partial charge in [-0.2, -0.15) is 0 Å². The van der Waals surface area contributed by atoms with Gasteiger partial charge in [-0.3, -0.25) is 9.59 Å². The average molecular weight is 441 g/mol. The summed E-state index contributed by atoms with van der Waals surface area (Å²) in [5.41, 5.74) is 7.16. The minimum atomic E-state index is -0.555. The number of hydrogen-bond acceptors (Lipinski definition) is 3. The molecule has 7 heteroatoms. The first-order valence-corrected chi connectivity index (χ1v) is 9.43. The lowest BCUT2D eigenvalue weighted by molar-refractivity contribution is -0.382. The van der Waals surface area contributed by atoms with Crippen LogP contribution in [0.5, 0.6) is 11.5 Å². The van der Waals surface area contributed by atoms with Crippen molar-refractivity contribution in [2.24, 2.45) is 5.73 Å². The second-order valence-electron chi connectivity index (χ2n) is 6.07. The molecule has 0 bridgehead atoms. The van der Waals surface area contributed by atoms with Crippen molar-refractivity contribution in [3.63, 3.8) is 0 Å². The molecule has 0 fully saturated rings. The molecule has 0 atom stereocenters. The Morgan fingerprint density at radius 2 is 1.82 bits per heavy atom. The normalized spacial score (nSPS) is 10.3. The first kappa shape index (κ1) is 19.6. The lowest BCUT2D eigenvalue weighted by Crippen LogP contribution is -2.25. The molecule has 0 spiro atoms. The van der Waals surface area contributed by atoms with E-state index >= 15 is 0 Å². The van der Waals surface area contributed by atoms with E-state index in [1.165, 1.54) is 0 Å². The van der Waals surface area contributed by atoms with Crippen LogP contribution in [0.15, 0.2) is 71.3 Å². The zero-order valence-corrected chi connectivity index (χ0v) is 16.5. The molecule has 4 N–H and O–H groups in total. The van der Waals surface area contributed by atoms with Gasteiger partial charge in [0.25, 0.3) is 11.6 Å². The molecule has 2 amide bonds. The maximum atomic E-state index is 12.2. The van der Waals surface area contributed by atoms with Gasteiger partial charge < -0.3 is 15.8 Å². The summed E-state index contributed by atoms with van der Waals surface area (Å²) >= 11 is 3.36. The molecular formula is C21H19BrN3O3+. The Balaban J connectivity index is 1.58. The van der Waals surface area contributed by atoms with Crippen molar-refractivity contribution < 1.29 is 19.3 Å². The van der Waals surface area contributed by atoms with Crippen LogP contribution < -0.4 is 20.8 Å². The Kier molecular flexibility index (Phi) is 6.39. The van der Waals surface area contributed by atoms with Crippen molar-refractivity contribution in [3.05, 3.63) is 88.2 Å². The van der Waals surface area contributed by atoms with Crippen LogP contribution in [-0.4, -0.2) is 18.4 Å². The SMILES string of the molecule is NC(=O)c1cc(Oc2cccc(CCNC(=O)c3cccc(Br)c3)c2)cc[nH+]1. The maximum Gasteiger partial charge on any atom is 0.313 e. The summed E-state index contributed by atoms with van der Waals surface area (Å²) in [6.45, 7) is 0.501. The van der Waals surface area contributed by atoms with Crippen LogP contribution in [0.2, 0.25) is 0 Å². The number of hydrogen-bond donors (Lipinski definition) is 2. The van der Waals surface area contributed by atoms with E-state index in [1.807, 2.05) is 36.4 Å². The second kappa shape index (κ2) is 9.14. The molecule has 6 nitrogen and oxygen atoms in total. The van der Waals surface area contributed by atoms with E-state index in [4.69, 9.17) is 10.5 Å². The van der Waals surface area contributed by atoms with Gasteiger partial charge >= 0.3 is 5.91 Å². The molecule has 0 aliphatic carbocycles. The van der Waals surface area contributed by atoms with Crippen LogP contribution >= 0.6 is 15.9 Å². The van der Waals surface area contributed by atoms with Gasteiger partial charge in [0.15, 0.2) is 6.20 Å². The molecule has 3 rings (SSSR count). The van der Waals surface area contributed by atoms with E-state index in [2.05, 4.69) is 26.2 Å². The monoisotopic (exact) mass is 440 g/mol. The summed E-state index contributed by atoms with van der Waals surface area (Å²) in [7, 11) is 0. The minimum Gasteiger partial charge on any atom is -0.457 e. The molecule has 0 saturated carbocycles. The Morgan fingerprint density at radius 3 is 2.61 bits per heavy atom. The Bertz CT molecular complexity index is 1010. The number of amides is 2. The first-order valence-electron chi connectivity index (χ1n) is 8.63. The number of benzene rings is 2. The van der Waals surface area contributed by atoms with Gasteiger partial charge in [0.2, 0.25) is 0 Å². The molecule has 2 aromatic carbocycles. The van der Waals surface area contributed by atoms with E-state index in [0.29, 0.717) is 30.0 Å². The second-order valence-corrected chi connectivity index (χ2v) is 6.98. The van der Waals surface area contributed by atoms with Crippen molar-refractivity contribution in [1.29, 1.82) is 0 Å². The number of primary amides is 1. The summed E-state index contributed by atoms with van der Waals surface area (Å²) in [6, 6.07) is 18.1. The molecule has 142 valence electrons. The summed E-state index contributed by atoms with van der Waals surface area (Å²) in [5, 5.41) is 2.91. The zero-order valence-electron chi connectivity index (χ0n) is 14.9. The quantitative estimate of drug-likeness (QED) is 0.590. The number of nitrogens with one attached hydrogen (secondary N) is 2. The zero-order chi connectivity index (χ0) is 19.9. The lowest BCUT2D eigenvalue weighted by atomic mass is 10.1. The molecule has 0 aliphatic rings. The molecular weight excluding hydrogens is 422 g/mol. The third kappa shape index (κ3) is 5.40. The fourth-order valence-corrected chi connectivity index (χ4v) is 3.00. The van der Waals surface area contributed by atoms with E-state index in [-0.39, 0.29) is 11.6 Å². The summed E-state index contributed by atoms with van der Waals surface area (Å²) in [4.78, 5) is 26.2. The van der Waals surface area contributed by atoms with Crippen LogP contribution in [-0.2, 0) is 6.42 Å². The maximum absolute atomic E-state index is 12.2. The Hall–Kier alpha value is -3.19. The smallest absolute Gasteiger partial charge is 0.313 e. The number of H-pyrrole nitrogens is 1. The molecule has 0 radical (unpaired) electrons. The number of pyridine rings is 1. The third-order valence-corrected chi connectivity index (χ3v) is 4.45. The van der Waals surface area contributed by atoms with Gasteiger partial charge in [-0.25, -0.2) is 4.98 Å². The van der Waals surface area contributed by atoms with Gasteiger partial charge in [-0.1, -0.05) is 34.1 Å². The number of aromatic nitrogens is 1. The highest BCUT2D eigenvalue weighted by Crippen LogP contribution is 2.22. The Labute approximate surface area is 170 Å². The number of ether oxygens (including phenoxy) is 1. The van der Waals surface area contributed by atoms with Gasteiger partial charge in [0.05, 0.1) is 6.07 Å². The fourth-order valence-electron chi connectivity index (χ4n) is 2.60. The predicted molar refractivity (Wildman–Crippen MR) is 108 cm³/mol. The fraction of sp³-hybridized carbons (Fsp3) is 0.0952. The number of carbonyl (C=O) groups excluding carboxylic acids is 2. The first-order chi connectivity index (χ1) is 13.5. The van der Waals surface area contributed by atoms with E-state index in [9.17, 15) is 9.59 Å². The van der Waals surface area contributed by atoms with E-state index in [1.54, 1.807) is 30.5 Å². The molecule has 0 aliphatic heterocycles.